The summed E-state index contributed by atoms with van der Waals surface area (Å²) in [5.74, 6) is -0.895. The van der Waals surface area contributed by atoms with Crippen LogP contribution in [0, 0.1) is 5.82 Å². The Kier molecular flexibility index (Phi) is 4.82. The first-order chi connectivity index (χ1) is 11.2. The fourth-order valence-electron chi connectivity index (χ4n) is 2.01. The molecule has 5 nitrogen and oxygen atoms in total. The zero-order valence-corrected chi connectivity index (χ0v) is 12.1. The summed E-state index contributed by atoms with van der Waals surface area (Å²) >= 11 is 0. The number of carboxylic acid groups (broad SMARTS) is 1. The highest BCUT2D eigenvalue weighted by Gasteiger charge is 2.30. The molecule has 5 N–H and O–H groups in total. The molecule has 1 amide bonds. The zero-order valence-electron chi connectivity index (χ0n) is 12.1. The van der Waals surface area contributed by atoms with Crippen molar-refractivity contribution >= 4 is 23.2 Å². The molecule has 2 aromatic rings. The minimum Gasteiger partial charge on any atom is -0.465 e. The van der Waals surface area contributed by atoms with E-state index in [1.165, 1.54) is 24.3 Å². The van der Waals surface area contributed by atoms with Gasteiger partial charge in [-0.1, -0.05) is 12.1 Å². The maximum atomic E-state index is 14.1. The Morgan fingerprint density at radius 1 is 1.17 bits per heavy atom. The van der Waals surface area contributed by atoms with Crippen LogP contribution in [0.4, 0.5) is 39.4 Å². The van der Waals surface area contributed by atoms with Gasteiger partial charge in [0, 0.05) is 6.54 Å². The molecule has 0 radical (unpaired) electrons. The molecule has 0 heterocycles. The molecular weight excluding hydrogens is 330 g/mol. The molecule has 2 rings (SSSR count). The number of amides is 1. The van der Waals surface area contributed by atoms with Crippen LogP contribution >= 0.6 is 0 Å². The molecular formula is C15H13F4N3O2. The third-order valence-electron chi connectivity index (χ3n) is 3.16. The van der Waals surface area contributed by atoms with E-state index in [-0.39, 0.29) is 17.9 Å². The third-order valence-corrected chi connectivity index (χ3v) is 3.16. The standard InChI is InChI=1S/C15H13F4N3O2/c16-12-10(4-5-11(13(12)20)22-14(23)24)21-7-8-2-1-3-9(6-8)15(17,18)19/h1-6,21-22H,7,20H2,(H,23,24). The molecule has 0 aliphatic heterocycles. The predicted molar refractivity (Wildman–Crippen MR) is 81.2 cm³/mol. The predicted octanol–water partition coefficient (Wildman–Crippen LogP) is 4.13. The summed E-state index contributed by atoms with van der Waals surface area (Å²) in [5, 5.41) is 13.2. The van der Waals surface area contributed by atoms with Crippen LogP contribution in [0.15, 0.2) is 36.4 Å². The number of halogens is 4. The molecule has 0 saturated heterocycles. The third kappa shape index (κ3) is 4.06. The Labute approximate surface area is 134 Å². The minimum absolute atomic E-state index is 0.0548. The first kappa shape index (κ1) is 17.4. The highest BCUT2D eigenvalue weighted by molar-refractivity contribution is 5.88. The minimum atomic E-state index is -4.46. The first-order valence-corrected chi connectivity index (χ1v) is 6.66. The van der Waals surface area contributed by atoms with Crippen LogP contribution in [0.2, 0.25) is 0 Å². The van der Waals surface area contributed by atoms with E-state index in [1.54, 1.807) is 0 Å². The maximum Gasteiger partial charge on any atom is 0.416 e. The lowest BCUT2D eigenvalue weighted by Gasteiger charge is -2.13. The van der Waals surface area contributed by atoms with Gasteiger partial charge in [-0.3, -0.25) is 5.32 Å². The van der Waals surface area contributed by atoms with E-state index in [9.17, 15) is 22.4 Å². The summed E-state index contributed by atoms with van der Waals surface area (Å²) < 4.78 is 52.0. The molecule has 0 atom stereocenters. The lowest BCUT2D eigenvalue weighted by atomic mass is 10.1. The van der Waals surface area contributed by atoms with Gasteiger partial charge < -0.3 is 16.2 Å². The van der Waals surface area contributed by atoms with Gasteiger partial charge in [-0.05, 0) is 29.8 Å². The molecule has 0 saturated carbocycles. The number of benzene rings is 2. The second-order valence-corrected chi connectivity index (χ2v) is 4.87. The average molecular weight is 343 g/mol. The lowest BCUT2D eigenvalue weighted by molar-refractivity contribution is -0.137. The molecule has 0 aliphatic carbocycles. The van der Waals surface area contributed by atoms with Crippen molar-refractivity contribution in [1.29, 1.82) is 0 Å². The molecule has 2 aromatic carbocycles. The molecule has 9 heteroatoms. The molecule has 0 aliphatic rings. The van der Waals surface area contributed by atoms with Gasteiger partial charge in [0.1, 0.15) is 0 Å². The normalized spacial score (nSPS) is 11.2. The van der Waals surface area contributed by atoms with Crippen molar-refractivity contribution in [2.75, 3.05) is 16.4 Å². The monoisotopic (exact) mass is 343 g/mol. The number of nitrogens with two attached hydrogens (primary N) is 1. The smallest absolute Gasteiger partial charge is 0.416 e. The summed E-state index contributed by atoms with van der Waals surface area (Å²) in [6.07, 6.45) is -5.86. The Bertz CT molecular complexity index is 763. The molecule has 0 spiro atoms. The molecule has 0 bridgehead atoms. The number of nitrogens with one attached hydrogen (secondary N) is 2. The zero-order chi connectivity index (χ0) is 17.9. The Balaban J connectivity index is 2.15. The summed E-state index contributed by atoms with van der Waals surface area (Å²) in [6, 6.07) is 7.10. The fraction of sp³-hybridized carbons (Fsp3) is 0.133. The number of hydrogen-bond acceptors (Lipinski definition) is 3. The van der Waals surface area contributed by atoms with E-state index in [0.29, 0.717) is 5.56 Å². The number of anilines is 3. The van der Waals surface area contributed by atoms with Gasteiger partial charge in [0.15, 0.2) is 5.82 Å². The highest BCUT2D eigenvalue weighted by atomic mass is 19.4. The number of rotatable bonds is 4. The Morgan fingerprint density at radius 2 is 1.83 bits per heavy atom. The van der Waals surface area contributed by atoms with Crippen molar-refractivity contribution in [2.24, 2.45) is 0 Å². The SMILES string of the molecule is Nc1c(NC(=O)O)ccc(NCc2cccc(C(F)(F)F)c2)c1F. The number of carbonyl (C=O) groups is 1. The Hall–Kier alpha value is -2.97. The van der Waals surface area contributed by atoms with Gasteiger partial charge in [-0.2, -0.15) is 13.2 Å². The van der Waals surface area contributed by atoms with Crippen molar-refractivity contribution in [3.8, 4) is 0 Å². The molecule has 128 valence electrons. The second-order valence-electron chi connectivity index (χ2n) is 4.87. The van der Waals surface area contributed by atoms with Gasteiger partial charge >= 0.3 is 12.3 Å². The van der Waals surface area contributed by atoms with Crippen LogP contribution in [0.3, 0.4) is 0 Å². The van der Waals surface area contributed by atoms with E-state index in [2.05, 4.69) is 5.32 Å². The summed E-state index contributed by atoms with van der Waals surface area (Å²) in [7, 11) is 0. The van der Waals surface area contributed by atoms with E-state index in [0.717, 1.165) is 12.1 Å². The van der Waals surface area contributed by atoms with E-state index in [1.807, 2.05) is 5.32 Å². The average Bonchev–Trinajstić information content (AvgIpc) is 2.50. The van der Waals surface area contributed by atoms with Crippen LogP contribution in [0.5, 0.6) is 0 Å². The van der Waals surface area contributed by atoms with Gasteiger partial charge in [0.25, 0.3) is 0 Å². The highest BCUT2D eigenvalue weighted by Crippen LogP contribution is 2.31. The van der Waals surface area contributed by atoms with Crippen LogP contribution in [0.25, 0.3) is 0 Å². The number of hydrogen-bond donors (Lipinski definition) is 4. The molecule has 0 unspecified atom stereocenters. The van der Waals surface area contributed by atoms with E-state index >= 15 is 0 Å². The van der Waals surface area contributed by atoms with E-state index < -0.39 is 29.3 Å². The second kappa shape index (κ2) is 6.65. The molecule has 24 heavy (non-hydrogen) atoms. The van der Waals surface area contributed by atoms with Crippen molar-refractivity contribution in [2.45, 2.75) is 12.7 Å². The number of alkyl halides is 3. The van der Waals surface area contributed by atoms with Gasteiger partial charge in [0.05, 0.1) is 22.6 Å². The quantitative estimate of drug-likeness (QED) is 0.497. The van der Waals surface area contributed by atoms with Crippen LogP contribution in [0.1, 0.15) is 11.1 Å². The summed E-state index contributed by atoms with van der Waals surface area (Å²) in [5.41, 5.74) is 4.40. The van der Waals surface area contributed by atoms with Crippen LogP contribution in [-0.2, 0) is 12.7 Å². The first-order valence-electron chi connectivity index (χ1n) is 6.66. The maximum absolute atomic E-state index is 14.1. The Morgan fingerprint density at radius 3 is 2.46 bits per heavy atom. The molecule has 0 aromatic heterocycles. The fourth-order valence-corrected chi connectivity index (χ4v) is 2.01. The number of nitrogen functional groups attached to an aromatic ring is 1. The van der Waals surface area contributed by atoms with E-state index in [4.69, 9.17) is 10.8 Å². The van der Waals surface area contributed by atoms with Crippen molar-refractivity contribution in [3.05, 3.63) is 53.3 Å². The van der Waals surface area contributed by atoms with Gasteiger partial charge in [0.2, 0.25) is 0 Å². The molecule has 0 fully saturated rings. The lowest BCUT2D eigenvalue weighted by Crippen LogP contribution is -2.11. The van der Waals surface area contributed by atoms with Crippen molar-refractivity contribution < 1.29 is 27.5 Å². The largest absolute Gasteiger partial charge is 0.465 e. The van der Waals surface area contributed by atoms with Crippen molar-refractivity contribution in [1.82, 2.24) is 0 Å². The van der Waals surface area contributed by atoms with Crippen molar-refractivity contribution in [3.63, 3.8) is 0 Å². The van der Waals surface area contributed by atoms with Crippen LogP contribution < -0.4 is 16.4 Å². The summed E-state index contributed by atoms with van der Waals surface area (Å²) in [6.45, 7) is -0.0635. The van der Waals surface area contributed by atoms with Gasteiger partial charge in [-0.25, -0.2) is 9.18 Å². The van der Waals surface area contributed by atoms with Crippen LogP contribution in [-0.4, -0.2) is 11.2 Å². The van der Waals surface area contributed by atoms with Gasteiger partial charge in [-0.15, -0.1) is 0 Å². The topological polar surface area (TPSA) is 87.4 Å². The summed E-state index contributed by atoms with van der Waals surface area (Å²) in [4.78, 5) is 10.5.